The fraction of sp³-hybridized carbons (Fsp3) is 0.158. The number of benzene rings is 2. The number of nitrogens with zero attached hydrogens (tertiary/aromatic N) is 1. The minimum atomic E-state index is -0.401. The minimum absolute atomic E-state index is 0.180. The highest BCUT2D eigenvalue weighted by Gasteiger charge is 2.09. The van der Waals surface area contributed by atoms with Crippen LogP contribution in [0, 0.1) is 0 Å². The Morgan fingerprint density at radius 3 is 2.72 bits per heavy atom. The topological polar surface area (TPSA) is 57.7 Å². The van der Waals surface area contributed by atoms with Crippen LogP contribution in [0.3, 0.4) is 0 Å². The van der Waals surface area contributed by atoms with Gasteiger partial charge >= 0.3 is 5.97 Å². The lowest BCUT2D eigenvalue weighted by molar-refractivity contribution is 0.0472. The molecule has 128 valence electrons. The zero-order valence-electron chi connectivity index (χ0n) is 13.7. The standard InChI is InChI=1S/C19H17NO4S/c1-22-17-6-2-4-14(8-17)10-24-19(21)15-5-3-7-18(9-15)23-11-16-12-25-13-20-16/h2-9,12-13H,10-11H2,1H3. The van der Waals surface area contributed by atoms with Gasteiger partial charge < -0.3 is 14.2 Å². The molecule has 1 heterocycles. The summed E-state index contributed by atoms with van der Waals surface area (Å²) in [7, 11) is 1.60. The van der Waals surface area contributed by atoms with Crippen molar-refractivity contribution in [3.63, 3.8) is 0 Å². The Kier molecular flexibility index (Phi) is 5.64. The van der Waals surface area contributed by atoms with Gasteiger partial charge in [0.05, 0.1) is 23.9 Å². The number of carbonyl (C=O) groups excluding carboxylic acids is 1. The summed E-state index contributed by atoms with van der Waals surface area (Å²) in [6, 6.07) is 14.3. The average molecular weight is 355 g/mol. The molecule has 0 atom stereocenters. The molecule has 3 aromatic rings. The Morgan fingerprint density at radius 1 is 1.08 bits per heavy atom. The van der Waals surface area contributed by atoms with E-state index >= 15 is 0 Å². The number of esters is 1. The normalized spacial score (nSPS) is 10.3. The van der Waals surface area contributed by atoms with Crippen LogP contribution in [-0.2, 0) is 18.0 Å². The van der Waals surface area contributed by atoms with Gasteiger partial charge in [-0.2, -0.15) is 0 Å². The van der Waals surface area contributed by atoms with Crippen molar-refractivity contribution in [1.29, 1.82) is 0 Å². The summed E-state index contributed by atoms with van der Waals surface area (Å²) in [5, 5.41) is 1.92. The van der Waals surface area contributed by atoms with E-state index in [4.69, 9.17) is 14.2 Å². The molecule has 0 N–H and O–H groups in total. The maximum atomic E-state index is 12.2. The van der Waals surface area contributed by atoms with E-state index in [9.17, 15) is 4.79 Å². The highest BCUT2D eigenvalue weighted by atomic mass is 32.1. The number of hydrogen-bond donors (Lipinski definition) is 0. The summed E-state index contributed by atoms with van der Waals surface area (Å²) in [4.78, 5) is 16.4. The molecule has 0 aliphatic heterocycles. The molecule has 25 heavy (non-hydrogen) atoms. The number of rotatable bonds is 7. The maximum absolute atomic E-state index is 12.2. The molecule has 0 aliphatic rings. The van der Waals surface area contributed by atoms with Crippen molar-refractivity contribution in [1.82, 2.24) is 4.98 Å². The van der Waals surface area contributed by atoms with Crippen molar-refractivity contribution in [2.45, 2.75) is 13.2 Å². The van der Waals surface area contributed by atoms with E-state index in [-0.39, 0.29) is 6.61 Å². The smallest absolute Gasteiger partial charge is 0.338 e. The van der Waals surface area contributed by atoms with Crippen LogP contribution >= 0.6 is 11.3 Å². The van der Waals surface area contributed by atoms with Crippen molar-refractivity contribution in [2.75, 3.05) is 7.11 Å². The van der Waals surface area contributed by atoms with Gasteiger partial charge in [-0.1, -0.05) is 18.2 Å². The highest BCUT2D eigenvalue weighted by Crippen LogP contribution is 2.18. The molecule has 6 heteroatoms. The van der Waals surface area contributed by atoms with Crippen molar-refractivity contribution in [3.05, 3.63) is 76.2 Å². The number of aromatic nitrogens is 1. The third-order valence-corrected chi connectivity index (χ3v) is 4.08. The molecule has 0 aliphatic carbocycles. The van der Waals surface area contributed by atoms with E-state index in [1.807, 2.05) is 29.6 Å². The molecule has 0 fully saturated rings. The van der Waals surface area contributed by atoms with Gasteiger partial charge in [0.2, 0.25) is 0 Å². The molecule has 0 spiro atoms. The molecular formula is C19H17NO4S. The van der Waals surface area contributed by atoms with Crippen LogP contribution in [0.15, 0.2) is 59.4 Å². The lowest BCUT2D eigenvalue weighted by atomic mass is 10.2. The van der Waals surface area contributed by atoms with E-state index in [1.165, 1.54) is 11.3 Å². The summed E-state index contributed by atoms with van der Waals surface area (Å²) in [6.45, 7) is 0.547. The third-order valence-electron chi connectivity index (χ3n) is 3.44. The maximum Gasteiger partial charge on any atom is 0.338 e. The number of methoxy groups -OCH3 is 1. The van der Waals surface area contributed by atoms with Crippen LogP contribution in [0.2, 0.25) is 0 Å². The van der Waals surface area contributed by atoms with Crippen molar-refractivity contribution in [2.24, 2.45) is 0 Å². The molecule has 2 aromatic carbocycles. The number of carbonyl (C=O) groups is 1. The SMILES string of the molecule is COc1cccc(COC(=O)c2cccc(OCc3cscn3)c2)c1. The second kappa shape index (κ2) is 8.30. The largest absolute Gasteiger partial charge is 0.497 e. The second-order valence-corrected chi connectivity index (χ2v) is 5.94. The molecule has 1 aromatic heterocycles. The fourth-order valence-corrected chi connectivity index (χ4v) is 2.72. The molecular weight excluding hydrogens is 338 g/mol. The van der Waals surface area contributed by atoms with Crippen LogP contribution in [0.25, 0.3) is 0 Å². The number of ether oxygens (including phenoxy) is 3. The molecule has 5 nitrogen and oxygen atoms in total. The predicted molar refractivity (Wildman–Crippen MR) is 95.0 cm³/mol. The Hall–Kier alpha value is -2.86. The predicted octanol–water partition coefficient (Wildman–Crippen LogP) is 4.09. The number of hydrogen-bond acceptors (Lipinski definition) is 6. The van der Waals surface area contributed by atoms with Gasteiger partial charge in [0.25, 0.3) is 0 Å². The van der Waals surface area contributed by atoms with Crippen LogP contribution in [0.1, 0.15) is 21.6 Å². The first-order valence-corrected chi connectivity index (χ1v) is 8.59. The first-order chi connectivity index (χ1) is 12.2. The van der Waals surface area contributed by atoms with Crippen LogP contribution in [0.5, 0.6) is 11.5 Å². The lowest BCUT2D eigenvalue weighted by Gasteiger charge is -2.08. The van der Waals surface area contributed by atoms with Crippen LogP contribution in [0.4, 0.5) is 0 Å². The summed E-state index contributed by atoms with van der Waals surface area (Å²) in [6.07, 6.45) is 0. The van der Waals surface area contributed by atoms with Crippen molar-refractivity contribution < 1.29 is 19.0 Å². The molecule has 0 bridgehead atoms. The second-order valence-electron chi connectivity index (χ2n) is 5.22. The van der Waals surface area contributed by atoms with Gasteiger partial charge in [0, 0.05) is 5.38 Å². The van der Waals surface area contributed by atoms with Gasteiger partial charge in [-0.15, -0.1) is 11.3 Å². The van der Waals surface area contributed by atoms with Crippen LogP contribution < -0.4 is 9.47 Å². The summed E-state index contributed by atoms with van der Waals surface area (Å²) in [5.41, 5.74) is 3.92. The van der Waals surface area contributed by atoms with Crippen molar-refractivity contribution in [3.8, 4) is 11.5 Å². The lowest BCUT2D eigenvalue weighted by Crippen LogP contribution is -2.06. The number of thiazole rings is 1. The van der Waals surface area contributed by atoms with Crippen LogP contribution in [-0.4, -0.2) is 18.1 Å². The molecule has 3 rings (SSSR count). The minimum Gasteiger partial charge on any atom is -0.497 e. The monoisotopic (exact) mass is 355 g/mol. The first kappa shape index (κ1) is 17.0. The Morgan fingerprint density at radius 2 is 1.92 bits per heavy atom. The van der Waals surface area contributed by atoms with E-state index in [0.717, 1.165) is 17.0 Å². The van der Waals surface area contributed by atoms with E-state index in [1.54, 1.807) is 36.9 Å². The van der Waals surface area contributed by atoms with Gasteiger partial charge in [0.15, 0.2) is 0 Å². The van der Waals surface area contributed by atoms with E-state index in [2.05, 4.69) is 4.98 Å². The molecule has 0 amide bonds. The van der Waals surface area contributed by atoms with Gasteiger partial charge in [-0.25, -0.2) is 9.78 Å². The zero-order chi connectivity index (χ0) is 17.5. The van der Waals surface area contributed by atoms with Crippen molar-refractivity contribution >= 4 is 17.3 Å². The third kappa shape index (κ3) is 4.81. The van der Waals surface area contributed by atoms with Gasteiger partial charge in [-0.3, -0.25) is 0 Å². The molecule has 0 unspecified atom stereocenters. The van der Waals surface area contributed by atoms with Gasteiger partial charge in [-0.05, 0) is 35.9 Å². The van der Waals surface area contributed by atoms with E-state index in [0.29, 0.717) is 17.9 Å². The first-order valence-electron chi connectivity index (χ1n) is 7.64. The zero-order valence-corrected chi connectivity index (χ0v) is 14.5. The van der Waals surface area contributed by atoms with E-state index < -0.39 is 5.97 Å². The quantitative estimate of drug-likeness (QED) is 0.598. The Labute approximate surface area is 149 Å². The summed E-state index contributed by atoms with van der Waals surface area (Å²) >= 11 is 1.52. The Bertz CT molecular complexity index is 833. The summed E-state index contributed by atoms with van der Waals surface area (Å²) < 4.78 is 16.2. The molecule has 0 radical (unpaired) electrons. The highest BCUT2D eigenvalue weighted by molar-refractivity contribution is 7.07. The Balaban J connectivity index is 1.58. The molecule has 0 saturated carbocycles. The summed E-state index contributed by atoms with van der Waals surface area (Å²) in [5.74, 6) is 0.928. The molecule has 0 saturated heterocycles. The van der Waals surface area contributed by atoms with Gasteiger partial charge in [0.1, 0.15) is 24.7 Å². The average Bonchev–Trinajstić information content (AvgIpc) is 3.18. The fourth-order valence-electron chi connectivity index (χ4n) is 2.17.